The van der Waals surface area contributed by atoms with Crippen molar-refractivity contribution in [1.82, 2.24) is 0 Å². The average molecular weight is 267 g/mol. The molecule has 2 heteroatoms. The van der Waals surface area contributed by atoms with Crippen LogP contribution in [0.5, 0.6) is 5.75 Å². The first kappa shape index (κ1) is 13.2. The second-order valence-corrected chi connectivity index (χ2v) is 5.74. The Bertz CT molecular complexity index is 619. The SMILES string of the molecule is Cc1ccc(OCC2Cc3ccccc32)c([C@@H](C)N)c1. The van der Waals surface area contributed by atoms with Gasteiger partial charge in [-0.05, 0) is 37.5 Å². The fourth-order valence-corrected chi connectivity index (χ4v) is 2.86. The highest BCUT2D eigenvalue weighted by atomic mass is 16.5. The molecule has 0 saturated heterocycles. The molecule has 2 nitrogen and oxygen atoms in total. The summed E-state index contributed by atoms with van der Waals surface area (Å²) in [7, 11) is 0. The zero-order chi connectivity index (χ0) is 14.1. The highest BCUT2D eigenvalue weighted by molar-refractivity contribution is 5.41. The highest BCUT2D eigenvalue weighted by Gasteiger charge is 2.26. The molecular formula is C18H21NO. The van der Waals surface area contributed by atoms with Crippen molar-refractivity contribution in [2.75, 3.05) is 6.61 Å². The maximum Gasteiger partial charge on any atom is 0.124 e. The van der Waals surface area contributed by atoms with Gasteiger partial charge >= 0.3 is 0 Å². The number of fused-ring (bicyclic) bond motifs is 1. The van der Waals surface area contributed by atoms with Crippen molar-refractivity contribution in [3.8, 4) is 5.75 Å². The lowest BCUT2D eigenvalue weighted by molar-refractivity contribution is 0.272. The Balaban J connectivity index is 1.71. The van der Waals surface area contributed by atoms with E-state index in [0.29, 0.717) is 5.92 Å². The summed E-state index contributed by atoms with van der Waals surface area (Å²) in [5, 5.41) is 0. The van der Waals surface area contributed by atoms with Crippen LogP contribution in [0.2, 0.25) is 0 Å². The standard InChI is InChI=1S/C18H21NO/c1-12-7-8-18(17(9-12)13(2)19)20-11-15-10-14-5-3-4-6-16(14)15/h3-9,13,15H,10-11,19H2,1-2H3/t13-,15?/m1/s1. The molecule has 1 aliphatic carbocycles. The fraction of sp³-hybridized carbons (Fsp3) is 0.333. The van der Waals surface area contributed by atoms with Crippen LogP contribution in [0.1, 0.15) is 41.1 Å². The van der Waals surface area contributed by atoms with Crippen molar-refractivity contribution in [2.24, 2.45) is 5.73 Å². The van der Waals surface area contributed by atoms with Crippen LogP contribution in [0, 0.1) is 6.92 Å². The number of aryl methyl sites for hydroxylation is 1. The molecule has 0 saturated carbocycles. The summed E-state index contributed by atoms with van der Waals surface area (Å²) in [4.78, 5) is 0. The number of ether oxygens (including phenoxy) is 1. The van der Waals surface area contributed by atoms with E-state index < -0.39 is 0 Å². The van der Waals surface area contributed by atoms with E-state index in [0.717, 1.165) is 24.3 Å². The molecular weight excluding hydrogens is 246 g/mol. The summed E-state index contributed by atoms with van der Waals surface area (Å²) >= 11 is 0. The highest BCUT2D eigenvalue weighted by Crippen LogP contribution is 2.35. The molecule has 0 fully saturated rings. The molecule has 2 aromatic carbocycles. The minimum Gasteiger partial charge on any atom is -0.493 e. The van der Waals surface area contributed by atoms with Gasteiger partial charge in [-0.3, -0.25) is 0 Å². The largest absolute Gasteiger partial charge is 0.493 e. The van der Waals surface area contributed by atoms with Crippen molar-refractivity contribution in [1.29, 1.82) is 0 Å². The van der Waals surface area contributed by atoms with Crippen LogP contribution in [-0.2, 0) is 6.42 Å². The monoisotopic (exact) mass is 267 g/mol. The summed E-state index contributed by atoms with van der Waals surface area (Å²) in [6.45, 7) is 4.82. The van der Waals surface area contributed by atoms with E-state index in [-0.39, 0.29) is 6.04 Å². The summed E-state index contributed by atoms with van der Waals surface area (Å²) in [5.74, 6) is 1.45. The van der Waals surface area contributed by atoms with Gasteiger partial charge in [0.1, 0.15) is 5.75 Å². The van der Waals surface area contributed by atoms with Gasteiger partial charge in [0.2, 0.25) is 0 Å². The van der Waals surface area contributed by atoms with E-state index in [4.69, 9.17) is 10.5 Å². The van der Waals surface area contributed by atoms with Crippen molar-refractivity contribution < 1.29 is 4.74 Å². The van der Waals surface area contributed by atoms with Gasteiger partial charge in [0, 0.05) is 17.5 Å². The topological polar surface area (TPSA) is 35.2 Å². The van der Waals surface area contributed by atoms with Crippen LogP contribution in [-0.4, -0.2) is 6.61 Å². The van der Waals surface area contributed by atoms with E-state index in [1.165, 1.54) is 16.7 Å². The molecule has 2 N–H and O–H groups in total. The molecule has 0 spiro atoms. The molecule has 3 rings (SSSR count). The van der Waals surface area contributed by atoms with Crippen LogP contribution >= 0.6 is 0 Å². The molecule has 1 aliphatic rings. The first-order valence-electron chi connectivity index (χ1n) is 7.22. The first-order chi connectivity index (χ1) is 9.65. The van der Waals surface area contributed by atoms with E-state index in [1.54, 1.807) is 0 Å². The van der Waals surface area contributed by atoms with E-state index in [9.17, 15) is 0 Å². The molecule has 20 heavy (non-hydrogen) atoms. The molecule has 1 unspecified atom stereocenters. The zero-order valence-corrected chi connectivity index (χ0v) is 12.1. The number of rotatable bonds is 4. The Labute approximate surface area is 120 Å². The summed E-state index contributed by atoms with van der Waals surface area (Å²) in [6, 6.07) is 14.8. The smallest absolute Gasteiger partial charge is 0.124 e. The number of benzene rings is 2. The number of hydrogen-bond donors (Lipinski definition) is 1. The van der Waals surface area contributed by atoms with Gasteiger partial charge in [0.05, 0.1) is 6.61 Å². The van der Waals surface area contributed by atoms with E-state index in [1.807, 2.05) is 13.0 Å². The Morgan fingerprint density at radius 3 is 2.80 bits per heavy atom. The van der Waals surface area contributed by atoms with Gasteiger partial charge in [0.15, 0.2) is 0 Å². The van der Waals surface area contributed by atoms with Crippen LogP contribution in [0.4, 0.5) is 0 Å². The molecule has 2 aromatic rings. The van der Waals surface area contributed by atoms with Crippen molar-refractivity contribution >= 4 is 0 Å². The molecule has 0 radical (unpaired) electrons. The summed E-state index contributed by atoms with van der Waals surface area (Å²) < 4.78 is 6.03. The Morgan fingerprint density at radius 1 is 1.25 bits per heavy atom. The zero-order valence-electron chi connectivity index (χ0n) is 12.1. The predicted molar refractivity (Wildman–Crippen MR) is 82.2 cm³/mol. The van der Waals surface area contributed by atoms with Gasteiger partial charge in [-0.1, -0.05) is 42.0 Å². The van der Waals surface area contributed by atoms with Crippen LogP contribution in [0.15, 0.2) is 42.5 Å². The minimum atomic E-state index is -0.00132. The van der Waals surface area contributed by atoms with Crippen LogP contribution in [0.25, 0.3) is 0 Å². The van der Waals surface area contributed by atoms with E-state index >= 15 is 0 Å². The lowest BCUT2D eigenvalue weighted by Gasteiger charge is -2.30. The lowest BCUT2D eigenvalue weighted by Crippen LogP contribution is -2.23. The normalized spacial score (nSPS) is 18.1. The van der Waals surface area contributed by atoms with Crippen molar-refractivity contribution in [2.45, 2.75) is 32.2 Å². The Hall–Kier alpha value is -1.80. The van der Waals surface area contributed by atoms with E-state index in [2.05, 4.69) is 43.3 Å². The van der Waals surface area contributed by atoms with Gasteiger partial charge in [-0.25, -0.2) is 0 Å². The number of nitrogens with two attached hydrogens (primary N) is 1. The fourth-order valence-electron chi connectivity index (χ4n) is 2.86. The molecule has 0 bridgehead atoms. The van der Waals surface area contributed by atoms with Crippen molar-refractivity contribution in [3.05, 3.63) is 64.7 Å². The Morgan fingerprint density at radius 2 is 2.05 bits per heavy atom. The second kappa shape index (κ2) is 5.29. The van der Waals surface area contributed by atoms with Crippen molar-refractivity contribution in [3.63, 3.8) is 0 Å². The second-order valence-electron chi connectivity index (χ2n) is 5.74. The minimum absolute atomic E-state index is 0.00132. The third-order valence-electron chi connectivity index (χ3n) is 4.06. The Kier molecular flexibility index (Phi) is 3.49. The third-order valence-corrected chi connectivity index (χ3v) is 4.06. The quantitative estimate of drug-likeness (QED) is 0.916. The van der Waals surface area contributed by atoms with Crippen LogP contribution < -0.4 is 10.5 Å². The summed E-state index contributed by atoms with van der Waals surface area (Å²) in [5.41, 5.74) is 11.2. The molecule has 0 amide bonds. The predicted octanol–water partition coefficient (Wildman–Crippen LogP) is 3.73. The van der Waals surface area contributed by atoms with Gasteiger partial charge in [-0.2, -0.15) is 0 Å². The van der Waals surface area contributed by atoms with Gasteiger partial charge < -0.3 is 10.5 Å². The molecule has 104 valence electrons. The molecule has 0 aliphatic heterocycles. The van der Waals surface area contributed by atoms with Gasteiger partial charge in [0.25, 0.3) is 0 Å². The first-order valence-corrected chi connectivity index (χ1v) is 7.22. The third kappa shape index (κ3) is 2.44. The maximum absolute atomic E-state index is 6.03. The summed E-state index contributed by atoms with van der Waals surface area (Å²) in [6.07, 6.45) is 1.12. The molecule has 0 heterocycles. The average Bonchev–Trinajstić information content (AvgIpc) is 2.41. The maximum atomic E-state index is 6.03. The molecule has 0 aromatic heterocycles. The number of hydrogen-bond acceptors (Lipinski definition) is 2. The lowest BCUT2D eigenvalue weighted by atomic mass is 9.78. The van der Waals surface area contributed by atoms with Crippen LogP contribution in [0.3, 0.4) is 0 Å². The van der Waals surface area contributed by atoms with Gasteiger partial charge in [-0.15, -0.1) is 0 Å². The molecule has 2 atom stereocenters.